The van der Waals surface area contributed by atoms with Crippen LogP contribution < -0.4 is 0 Å². The van der Waals surface area contributed by atoms with Crippen LogP contribution >= 0.6 is 11.3 Å². The Morgan fingerprint density at radius 1 is 0.455 bits per heavy atom. The summed E-state index contributed by atoms with van der Waals surface area (Å²) in [5, 5.41) is 11.0. The number of para-hydroxylation sites is 2. The predicted molar refractivity (Wildman–Crippen MR) is 187 cm³/mol. The van der Waals surface area contributed by atoms with E-state index in [0.717, 1.165) is 33.2 Å². The molecule has 3 heterocycles. The lowest BCUT2D eigenvalue weighted by Gasteiger charge is -2.12. The maximum absolute atomic E-state index is 5.43. The van der Waals surface area contributed by atoms with Crippen LogP contribution in [0.25, 0.3) is 91.6 Å². The topological polar surface area (TPSA) is 30.7 Å². The lowest BCUT2D eigenvalue weighted by atomic mass is 10.0. The van der Waals surface area contributed by atoms with E-state index in [0.29, 0.717) is 5.95 Å². The van der Waals surface area contributed by atoms with Crippen LogP contribution in [0, 0.1) is 0 Å². The molecule has 10 rings (SSSR count). The van der Waals surface area contributed by atoms with E-state index in [-0.39, 0.29) is 0 Å². The molecule has 0 N–H and O–H groups in total. The van der Waals surface area contributed by atoms with E-state index in [4.69, 9.17) is 9.97 Å². The van der Waals surface area contributed by atoms with Crippen LogP contribution in [0.2, 0.25) is 0 Å². The first kappa shape index (κ1) is 23.9. The Labute approximate surface area is 256 Å². The van der Waals surface area contributed by atoms with E-state index in [9.17, 15) is 0 Å². The van der Waals surface area contributed by atoms with Crippen molar-refractivity contribution in [3.05, 3.63) is 140 Å². The first-order valence-corrected chi connectivity index (χ1v) is 15.7. The molecule has 0 aliphatic rings. The fourth-order valence-electron chi connectivity index (χ4n) is 6.91. The zero-order chi connectivity index (χ0) is 28.8. The molecule has 0 unspecified atom stereocenters. The Bertz CT molecular complexity index is 2790. The summed E-state index contributed by atoms with van der Waals surface area (Å²) in [6.45, 7) is 0. The Balaban J connectivity index is 1.31. The van der Waals surface area contributed by atoms with Gasteiger partial charge in [0.1, 0.15) is 0 Å². The van der Waals surface area contributed by atoms with Crippen LogP contribution in [0.15, 0.2) is 140 Å². The average molecular weight is 578 g/mol. The van der Waals surface area contributed by atoms with Crippen LogP contribution in [0.5, 0.6) is 0 Å². The number of rotatable bonds is 2. The van der Waals surface area contributed by atoms with E-state index < -0.39 is 0 Å². The largest absolute Gasteiger partial charge is 0.278 e. The van der Waals surface area contributed by atoms with Gasteiger partial charge in [-0.1, -0.05) is 103 Å². The summed E-state index contributed by atoms with van der Waals surface area (Å²) >= 11 is 1.85. The first-order valence-electron chi connectivity index (χ1n) is 14.8. The highest BCUT2D eigenvalue weighted by Gasteiger charge is 2.19. The van der Waals surface area contributed by atoms with Gasteiger partial charge in [0.15, 0.2) is 0 Å². The fraction of sp³-hybridized carbons (Fsp3) is 0. The van der Waals surface area contributed by atoms with Gasteiger partial charge in [0, 0.05) is 41.9 Å². The molecule has 0 aliphatic carbocycles. The lowest BCUT2D eigenvalue weighted by molar-refractivity contribution is 1.01. The summed E-state index contributed by atoms with van der Waals surface area (Å²) in [7, 11) is 0. The Kier molecular flexibility index (Phi) is 4.87. The van der Waals surface area contributed by atoms with Crippen molar-refractivity contribution >= 4 is 85.8 Å². The van der Waals surface area contributed by atoms with Gasteiger partial charge in [-0.05, 0) is 57.9 Å². The molecule has 0 fully saturated rings. The highest BCUT2D eigenvalue weighted by atomic mass is 32.1. The molecule has 0 spiro atoms. The predicted octanol–water partition coefficient (Wildman–Crippen LogP) is 11.1. The maximum atomic E-state index is 5.43. The van der Waals surface area contributed by atoms with Crippen LogP contribution in [-0.4, -0.2) is 14.5 Å². The van der Waals surface area contributed by atoms with E-state index in [2.05, 4.69) is 144 Å². The zero-order valence-electron chi connectivity index (χ0n) is 23.5. The number of hydrogen-bond donors (Lipinski definition) is 0. The Morgan fingerprint density at radius 2 is 1.09 bits per heavy atom. The van der Waals surface area contributed by atoms with Gasteiger partial charge in [-0.15, -0.1) is 11.3 Å². The molecule has 0 atom stereocenters. The van der Waals surface area contributed by atoms with Crippen molar-refractivity contribution in [1.29, 1.82) is 0 Å². The molecule has 204 valence electrons. The minimum absolute atomic E-state index is 0.684. The van der Waals surface area contributed by atoms with Gasteiger partial charge in [0.05, 0.1) is 22.2 Å². The lowest BCUT2D eigenvalue weighted by Crippen LogP contribution is -2.03. The third-order valence-electron chi connectivity index (χ3n) is 8.95. The fourth-order valence-corrected chi connectivity index (χ4v) is 8.16. The molecule has 0 saturated carbocycles. The number of benzene rings is 7. The Morgan fingerprint density at radius 3 is 1.91 bits per heavy atom. The van der Waals surface area contributed by atoms with Crippen LogP contribution in [0.4, 0.5) is 0 Å². The molecule has 0 saturated heterocycles. The quantitative estimate of drug-likeness (QED) is 0.205. The summed E-state index contributed by atoms with van der Waals surface area (Å²) < 4.78 is 4.78. The molecular weight excluding hydrogens is 555 g/mol. The van der Waals surface area contributed by atoms with Crippen molar-refractivity contribution < 1.29 is 0 Å². The number of thiophene rings is 1. The molecule has 10 aromatic rings. The number of nitrogens with zero attached hydrogens (tertiary/aromatic N) is 3. The van der Waals surface area contributed by atoms with Gasteiger partial charge in [-0.2, -0.15) is 0 Å². The minimum atomic E-state index is 0.684. The van der Waals surface area contributed by atoms with Crippen molar-refractivity contribution in [3.63, 3.8) is 0 Å². The van der Waals surface area contributed by atoms with E-state index in [1.807, 2.05) is 11.3 Å². The van der Waals surface area contributed by atoms with Crippen molar-refractivity contribution in [3.8, 4) is 17.2 Å². The summed E-state index contributed by atoms with van der Waals surface area (Å²) in [6.07, 6.45) is 0. The van der Waals surface area contributed by atoms with E-state index in [1.165, 1.54) is 52.5 Å². The van der Waals surface area contributed by atoms with Crippen molar-refractivity contribution in [2.75, 3.05) is 0 Å². The summed E-state index contributed by atoms with van der Waals surface area (Å²) in [5.41, 5.74) is 5.24. The molecule has 0 bridgehead atoms. The first-order chi connectivity index (χ1) is 21.8. The second-order valence-corrected chi connectivity index (χ2v) is 12.5. The van der Waals surface area contributed by atoms with E-state index >= 15 is 0 Å². The van der Waals surface area contributed by atoms with E-state index in [1.54, 1.807) is 0 Å². The van der Waals surface area contributed by atoms with Crippen molar-refractivity contribution in [2.24, 2.45) is 0 Å². The molecule has 7 aromatic carbocycles. The summed E-state index contributed by atoms with van der Waals surface area (Å²) in [5.74, 6) is 0.684. The molecular formula is C40H23N3S. The van der Waals surface area contributed by atoms with Gasteiger partial charge < -0.3 is 0 Å². The van der Waals surface area contributed by atoms with Crippen LogP contribution in [0.1, 0.15) is 0 Å². The molecule has 44 heavy (non-hydrogen) atoms. The monoisotopic (exact) mass is 577 g/mol. The third-order valence-corrected chi connectivity index (χ3v) is 10.2. The number of hydrogen-bond acceptors (Lipinski definition) is 3. The van der Waals surface area contributed by atoms with Crippen LogP contribution in [-0.2, 0) is 0 Å². The number of aromatic nitrogens is 3. The van der Waals surface area contributed by atoms with Gasteiger partial charge in [-0.3, -0.25) is 4.57 Å². The van der Waals surface area contributed by atoms with Crippen LogP contribution in [0.3, 0.4) is 0 Å². The normalized spacial score (nSPS) is 12.1. The molecule has 0 aliphatic heterocycles. The minimum Gasteiger partial charge on any atom is -0.278 e. The van der Waals surface area contributed by atoms with Crippen molar-refractivity contribution in [2.45, 2.75) is 0 Å². The highest BCUT2D eigenvalue weighted by Crippen LogP contribution is 2.43. The van der Waals surface area contributed by atoms with Crippen molar-refractivity contribution in [1.82, 2.24) is 14.5 Å². The maximum Gasteiger partial charge on any atom is 0.235 e. The highest BCUT2D eigenvalue weighted by molar-refractivity contribution is 7.26. The van der Waals surface area contributed by atoms with Gasteiger partial charge in [-0.25, -0.2) is 9.97 Å². The second kappa shape index (κ2) is 8.96. The molecule has 3 aromatic heterocycles. The zero-order valence-corrected chi connectivity index (χ0v) is 24.3. The molecule has 3 nitrogen and oxygen atoms in total. The van der Waals surface area contributed by atoms with Gasteiger partial charge in [0.25, 0.3) is 0 Å². The SMILES string of the molecule is c1ccc2cc3c(cc2c1)sc1c(-c2nc(-n4c5ccccc5c5cc6ccccc6cc54)nc4ccccc24)cccc13. The third kappa shape index (κ3) is 3.37. The van der Waals surface area contributed by atoms with Gasteiger partial charge in [0.2, 0.25) is 5.95 Å². The summed E-state index contributed by atoms with van der Waals surface area (Å²) in [4.78, 5) is 10.6. The van der Waals surface area contributed by atoms with Gasteiger partial charge >= 0.3 is 0 Å². The molecule has 0 amide bonds. The molecule has 0 radical (unpaired) electrons. The Hall–Kier alpha value is -5.58. The standard InChI is InChI=1S/C40H23N3S/c1-3-12-26-22-36-32(20-24(26)10-1)28-14-6-8-19-35(28)43(36)40-41-34-18-7-5-15-30(34)38(42-40)31-17-9-16-29-33-21-25-11-2-4-13-27(25)23-37(33)44-39(29)31/h1-23H. The smallest absolute Gasteiger partial charge is 0.235 e. The number of fused-ring (bicyclic) bond motifs is 9. The average Bonchev–Trinajstić information content (AvgIpc) is 3.60. The molecule has 4 heteroatoms. The second-order valence-electron chi connectivity index (χ2n) is 11.4. The summed E-state index contributed by atoms with van der Waals surface area (Å²) in [6, 6.07) is 50.0.